The Morgan fingerprint density at radius 3 is 2.50 bits per heavy atom. The van der Waals surface area contributed by atoms with Crippen molar-refractivity contribution in [2.24, 2.45) is 0 Å². The van der Waals surface area contributed by atoms with Crippen molar-refractivity contribution in [2.75, 3.05) is 43.4 Å². The van der Waals surface area contributed by atoms with E-state index in [4.69, 9.17) is 11.6 Å². The van der Waals surface area contributed by atoms with Crippen LogP contribution in [0.3, 0.4) is 0 Å². The van der Waals surface area contributed by atoms with Gasteiger partial charge in [-0.2, -0.15) is 0 Å². The van der Waals surface area contributed by atoms with Crippen molar-refractivity contribution in [3.63, 3.8) is 0 Å². The summed E-state index contributed by atoms with van der Waals surface area (Å²) in [6.45, 7) is 4.99. The van der Waals surface area contributed by atoms with Crippen LogP contribution in [-0.4, -0.2) is 53.9 Å². The van der Waals surface area contributed by atoms with Gasteiger partial charge in [-0.1, -0.05) is 23.7 Å². The fraction of sp³-hybridized carbons (Fsp3) is 0.273. The van der Waals surface area contributed by atoms with Gasteiger partial charge in [-0.25, -0.2) is 4.98 Å². The zero-order valence-corrected chi connectivity index (χ0v) is 19.2. The summed E-state index contributed by atoms with van der Waals surface area (Å²) in [6.07, 6.45) is 0. The van der Waals surface area contributed by atoms with E-state index < -0.39 is 10.8 Å². The van der Waals surface area contributed by atoms with Gasteiger partial charge in [-0.05, 0) is 38.2 Å². The molecule has 166 valence electrons. The van der Waals surface area contributed by atoms with Gasteiger partial charge in [0.1, 0.15) is 5.69 Å². The second-order valence-electron chi connectivity index (χ2n) is 7.64. The molecule has 8 nitrogen and oxygen atoms in total. The predicted molar refractivity (Wildman–Crippen MR) is 128 cm³/mol. The molecule has 0 saturated carbocycles. The molecular weight excluding hydrogens is 450 g/mol. The van der Waals surface area contributed by atoms with Gasteiger partial charge in [-0.3, -0.25) is 20.2 Å². The standard InChI is InChI=1S/C22H22ClN5O3S/c1-14-20(15-3-6-17(23)7-4-15)24-22(32-14)25-21(29)16-5-8-18(19(13-16)28(30)31)27-11-9-26(2)10-12-27/h3-8,13H,9-12H2,1-2H3,(H,24,25,29). The van der Waals surface area contributed by atoms with Crippen molar-refractivity contribution < 1.29 is 9.72 Å². The minimum atomic E-state index is -0.436. The first-order valence-corrected chi connectivity index (χ1v) is 11.3. The smallest absolute Gasteiger partial charge is 0.293 e. The lowest BCUT2D eigenvalue weighted by Crippen LogP contribution is -2.44. The highest BCUT2D eigenvalue weighted by atomic mass is 35.5. The number of carbonyl (C=O) groups excluding carboxylic acids is 1. The molecule has 0 radical (unpaired) electrons. The average Bonchev–Trinajstić information content (AvgIpc) is 3.14. The van der Waals surface area contributed by atoms with Crippen molar-refractivity contribution in [3.8, 4) is 11.3 Å². The fourth-order valence-electron chi connectivity index (χ4n) is 3.62. The van der Waals surface area contributed by atoms with Crippen LogP contribution in [0.1, 0.15) is 15.2 Å². The maximum atomic E-state index is 12.8. The minimum Gasteiger partial charge on any atom is -0.363 e. The number of hydrogen-bond donors (Lipinski definition) is 1. The first kappa shape index (κ1) is 22.2. The van der Waals surface area contributed by atoms with Gasteiger partial charge < -0.3 is 9.80 Å². The van der Waals surface area contributed by atoms with E-state index in [0.717, 1.165) is 29.2 Å². The fourth-order valence-corrected chi connectivity index (χ4v) is 4.58. The summed E-state index contributed by atoms with van der Waals surface area (Å²) in [5.74, 6) is -0.436. The highest BCUT2D eigenvalue weighted by Crippen LogP contribution is 2.33. The number of aryl methyl sites for hydroxylation is 1. The van der Waals surface area contributed by atoms with E-state index in [2.05, 4.69) is 15.2 Å². The normalized spacial score (nSPS) is 14.4. The molecule has 1 amide bonds. The number of benzene rings is 2. The second kappa shape index (κ2) is 9.23. The van der Waals surface area contributed by atoms with Crippen LogP contribution in [0.15, 0.2) is 42.5 Å². The third-order valence-corrected chi connectivity index (χ3v) is 6.55. The first-order valence-electron chi connectivity index (χ1n) is 10.1. The number of halogens is 1. The molecule has 2 aromatic carbocycles. The van der Waals surface area contributed by atoms with Crippen molar-refractivity contribution >= 4 is 45.4 Å². The van der Waals surface area contributed by atoms with Gasteiger partial charge in [0.2, 0.25) is 0 Å². The van der Waals surface area contributed by atoms with Crippen molar-refractivity contribution in [2.45, 2.75) is 6.92 Å². The maximum absolute atomic E-state index is 12.8. The Labute approximate surface area is 194 Å². The van der Waals surface area contributed by atoms with E-state index in [1.54, 1.807) is 24.3 Å². The van der Waals surface area contributed by atoms with Gasteiger partial charge in [0.25, 0.3) is 11.6 Å². The molecule has 1 aliphatic rings. The Balaban J connectivity index is 1.55. The van der Waals surface area contributed by atoms with Crippen molar-refractivity contribution in [1.82, 2.24) is 9.88 Å². The Kier molecular flexibility index (Phi) is 6.40. The van der Waals surface area contributed by atoms with E-state index >= 15 is 0 Å². The summed E-state index contributed by atoms with van der Waals surface area (Å²) in [6, 6.07) is 11.9. The number of nitrogens with zero attached hydrogens (tertiary/aromatic N) is 4. The minimum absolute atomic E-state index is 0.0700. The molecule has 0 atom stereocenters. The predicted octanol–water partition coefficient (Wildman–Crippen LogP) is 4.68. The van der Waals surface area contributed by atoms with Crippen LogP contribution in [0.2, 0.25) is 5.02 Å². The number of nitro benzene ring substituents is 1. The lowest BCUT2D eigenvalue weighted by molar-refractivity contribution is -0.384. The number of rotatable bonds is 5. The lowest BCUT2D eigenvalue weighted by atomic mass is 10.1. The molecule has 0 spiro atoms. The quantitative estimate of drug-likeness (QED) is 0.429. The molecule has 2 heterocycles. The van der Waals surface area contributed by atoms with Gasteiger partial charge in [0, 0.05) is 53.3 Å². The zero-order valence-electron chi connectivity index (χ0n) is 17.7. The second-order valence-corrected chi connectivity index (χ2v) is 9.28. The highest BCUT2D eigenvalue weighted by molar-refractivity contribution is 7.16. The van der Waals surface area contributed by atoms with E-state index in [0.29, 0.717) is 28.9 Å². The lowest BCUT2D eigenvalue weighted by Gasteiger charge is -2.33. The van der Waals surface area contributed by atoms with Gasteiger partial charge in [0.15, 0.2) is 5.13 Å². The molecule has 3 aromatic rings. The summed E-state index contributed by atoms with van der Waals surface area (Å²) in [4.78, 5) is 33.7. The Morgan fingerprint density at radius 1 is 1.16 bits per heavy atom. The van der Waals surface area contributed by atoms with Crippen LogP contribution in [0.25, 0.3) is 11.3 Å². The van der Waals surface area contributed by atoms with Crippen LogP contribution in [-0.2, 0) is 0 Å². The highest BCUT2D eigenvalue weighted by Gasteiger charge is 2.24. The van der Waals surface area contributed by atoms with Crippen molar-refractivity contribution in [3.05, 3.63) is 68.0 Å². The van der Waals surface area contributed by atoms with Crippen molar-refractivity contribution in [1.29, 1.82) is 0 Å². The topological polar surface area (TPSA) is 91.6 Å². The van der Waals surface area contributed by atoms with Crippen LogP contribution in [0.5, 0.6) is 0 Å². The molecular formula is C22H22ClN5O3S. The van der Waals surface area contributed by atoms with E-state index in [9.17, 15) is 14.9 Å². The number of aromatic nitrogens is 1. The van der Waals surface area contributed by atoms with Crippen LogP contribution < -0.4 is 10.2 Å². The number of carbonyl (C=O) groups is 1. The van der Waals surface area contributed by atoms with Crippen LogP contribution >= 0.6 is 22.9 Å². The van der Waals surface area contributed by atoms with E-state index in [1.165, 1.54) is 17.4 Å². The van der Waals surface area contributed by atoms with Crippen LogP contribution in [0.4, 0.5) is 16.5 Å². The summed E-state index contributed by atoms with van der Waals surface area (Å²) in [5.41, 5.74) is 2.35. The molecule has 0 aliphatic carbocycles. The third kappa shape index (κ3) is 4.74. The maximum Gasteiger partial charge on any atom is 0.293 e. The van der Waals surface area contributed by atoms with E-state index in [1.807, 2.05) is 31.0 Å². The molecule has 1 N–H and O–H groups in total. The molecule has 0 bridgehead atoms. The SMILES string of the molecule is Cc1sc(NC(=O)c2ccc(N3CCN(C)CC3)c([N+](=O)[O-])c2)nc1-c1ccc(Cl)cc1. The Bertz CT molecular complexity index is 1160. The molecule has 32 heavy (non-hydrogen) atoms. The summed E-state index contributed by atoms with van der Waals surface area (Å²) >= 11 is 7.31. The van der Waals surface area contributed by atoms with Gasteiger partial charge >= 0.3 is 0 Å². The summed E-state index contributed by atoms with van der Waals surface area (Å²) in [7, 11) is 2.03. The number of hydrogen-bond acceptors (Lipinski definition) is 7. The average molecular weight is 472 g/mol. The first-order chi connectivity index (χ1) is 15.3. The van der Waals surface area contributed by atoms with Gasteiger partial charge in [0.05, 0.1) is 10.6 Å². The number of nitro groups is 1. The number of nitrogens with one attached hydrogen (secondary N) is 1. The number of thiazole rings is 1. The Hall–Kier alpha value is -3.01. The summed E-state index contributed by atoms with van der Waals surface area (Å²) in [5, 5.41) is 15.5. The molecule has 4 rings (SSSR count). The molecule has 1 aromatic heterocycles. The van der Waals surface area contributed by atoms with E-state index in [-0.39, 0.29) is 11.3 Å². The number of likely N-dealkylation sites (N-methyl/N-ethyl adjacent to an activating group) is 1. The summed E-state index contributed by atoms with van der Waals surface area (Å²) < 4.78 is 0. The number of piperazine rings is 1. The zero-order chi connectivity index (χ0) is 22.8. The number of anilines is 2. The monoisotopic (exact) mass is 471 g/mol. The molecule has 1 fully saturated rings. The third-order valence-electron chi connectivity index (χ3n) is 5.41. The molecule has 0 unspecified atom stereocenters. The molecule has 1 aliphatic heterocycles. The molecule has 1 saturated heterocycles. The largest absolute Gasteiger partial charge is 0.363 e. The Morgan fingerprint density at radius 2 is 1.84 bits per heavy atom. The van der Waals surface area contributed by atoms with Gasteiger partial charge in [-0.15, -0.1) is 11.3 Å². The number of amides is 1. The van der Waals surface area contributed by atoms with Crippen LogP contribution in [0, 0.1) is 17.0 Å². The molecule has 10 heteroatoms.